The second kappa shape index (κ2) is 9.80. The van der Waals surface area contributed by atoms with Crippen molar-refractivity contribution >= 4 is 33.9 Å². The fourth-order valence-corrected chi connectivity index (χ4v) is 6.79. The minimum atomic E-state index is 0.0971. The molecule has 1 heterocycles. The molecule has 7 aromatic rings. The van der Waals surface area contributed by atoms with Crippen molar-refractivity contribution in [2.45, 2.75) is 0 Å². The number of fused-ring (bicyclic) bond motifs is 4. The topological polar surface area (TPSA) is 0 Å². The molecule has 0 atom stereocenters. The standard InChI is InChI=1S/C40H27B/c1-4-14-28(15-5-1)31-21-12-22-33(26-31)41-39-35(29-16-6-2-7-17-29)24-13-25-36(39)37-27-32-20-10-11-23-34(32)38(40(37)41)30-18-8-3-9-19-30/h1-27H. The molecule has 0 nitrogen and oxygen atoms in total. The van der Waals surface area contributed by atoms with Gasteiger partial charge in [0.1, 0.15) is 0 Å². The highest BCUT2D eigenvalue weighted by atomic mass is 14.3. The van der Waals surface area contributed by atoms with Gasteiger partial charge in [-0.05, 0) is 61.3 Å². The summed E-state index contributed by atoms with van der Waals surface area (Å²) in [7, 11) is 0. The molecule has 0 amide bonds. The smallest absolute Gasteiger partial charge is 0.0679 e. The van der Waals surface area contributed by atoms with Gasteiger partial charge in [-0.1, -0.05) is 174 Å². The molecule has 0 spiro atoms. The highest BCUT2D eigenvalue weighted by molar-refractivity contribution is 7.01. The van der Waals surface area contributed by atoms with Crippen molar-refractivity contribution in [1.29, 1.82) is 0 Å². The molecule has 1 aliphatic rings. The fourth-order valence-electron chi connectivity index (χ4n) is 6.79. The number of hydrogen-bond donors (Lipinski definition) is 0. The molecule has 0 unspecified atom stereocenters. The van der Waals surface area contributed by atoms with Gasteiger partial charge in [0, 0.05) is 0 Å². The van der Waals surface area contributed by atoms with Crippen molar-refractivity contribution in [3.05, 3.63) is 164 Å². The van der Waals surface area contributed by atoms with Crippen LogP contribution in [0.4, 0.5) is 0 Å². The average molecular weight is 518 g/mol. The van der Waals surface area contributed by atoms with E-state index in [1.54, 1.807) is 0 Å². The van der Waals surface area contributed by atoms with Gasteiger partial charge in [0.2, 0.25) is 6.71 Å². The Balaban J connectivity index is 1.49. The molecule has 0 saturated heterocycles. The Morgan fingerprint density at radius 1 is 0.341 bits per heavy atom. The zero-order chi connectivity index (χ0) is 27.2. The second-order valence-electron chi connectivity index (χ2n) is 10.9. The first-order valence-corrected chi connectivity index (χ1v) is 14.3. The summed E-state index contributed by atoms with van der Waals surface area (Å²) in [6.45, 7) is 0.0971. The van der Waals surface area contributed by atoms with Gasteiger partial charge in [0.25, 0.3) is 0 Å². The maximum absolute atomic E-state index is 2.42. The Kier molecular flexibility index (Phi) is 5.67. The van der Waals surface area contributed by atoms with Gasteiger partial charge in [-0.2, -0.15) is 0 Å². The van der Waals surface area contributed by atoms with Crippen molar-refractivity contribution in [1.82, 2.24) is 0 Å². The molecule has 0 saturated carbocycles. The molecule has 0 fully saturated rings. The summed E-state index contributed by atoms with van der Waals surface area (Å²) in [6.07, 6.45) is 0. The van der Waals surface area contributed by atoms with Crippen molar-refractivity contribution in [2.75, 3.05) is 0 Å². The Hall–Kier alpha value is -5.14. The molecule has 7 aromatic carbocycles. The van der Waals surface area contributed by atoms with E-state index in [0.29, 0.717) is 0 Å². The molecule has 8 rings (SSSR count). The van der Waals surface area contributed by atoms with Gasteiger partial charge >= 0.3 is 0 Å². The van der Waals surface area contributed by atoms with Crippen LogP contribution in [0.3, 0.4) is 0 Å². The zero-order valence-corrected chi connectivity index (χ0v) is 22.7. The first-order valence-electron chi connectivity index (χ1n) is 14.3. The van der Waals surface area contributed by atoms with E-state index in [-0.39, 0.29) is 6.71 Å². The van der Waals surface area contributed by atoms with Crippen LogP contribution >= 0.6 is 0 Å². The van der Waals surface area contributed by atoms with E-state index in [2.05, 4.69) is 164 Å². The molecular weight excluding hydrogens is 491 g/mol. The Bertz CT molecular complexity index is 2030. The maximum atomic E-state index is 2.42. The molecule has 0 N–H and O–H groups in total. The van der Waals surface area contributed by atoms with Gasteiger partial charge in [0.05, 0.1) is 0 Å². The van der Waals surface area contributed by atoms with E-state index in [0.717, 1.165) is 0 Å². The van der Waals surface area contributed by atoms with E-state index in [1.165, 1.54) is 71.7 Å². The summed E-state index contributed by atoms with van der Waals surface area (Å²) in [4.78, 5) is 0. The highest BCUT2D eigenvalue weighted by Gasteiger charge is 2.38. The quantitative estimate of drug-likeness (QED) is 0.206. The lowest BCUT2D eigenvalue weighted by Gasteiger charge is -2.20. The largest absolute Gasteiger partial charge is 0.244 e. The van der Waals surface area contributed by atoms with Crippen LogP contribution in [0, 0.1) is 0 Å². The van der Waals surface area contributed by atoms with Gasteiger partial charge < -0.3 is 0 Å². The maximum Gasteiger partial charge on any atom is 0.244 e. The van der Waals surface area contributed by atoms with Gasteiger partial charge in [-0.15, -0.1) is 0 Å². The fraction of sp³-hybridized carbons (Fsp3) is 0. The molecule has 41 heavy (non-hydrogen) atoms. The first kappa shape index (κ1) is 23.7. The first-order chi connectivity index (χ1) is 20.4. The minimum absolute atomic E-state index is 0.0971. The Morgan fingerprint density at radius 2 is 0.927 bits per heavy atom. The molecule has 190 valence electrons. The predicted octanol–water partition coefficient (Wildman–Crippen LogP) is 8.34. The molecule has 1 heteroatoms. The summed E-state index contributed by atoms with van der Waals surface area (Å²) in [5, 5.41) is 2.58. The molecular formula is C40H27B. The van der Waals surface area contributed by atoms with Crippen molar-refractivity contribution in [2.24, 2.45) is 0 Å². The molecule has 1 aliphatic heterocycles. The minimum Gasteiger partial charge on any atom is -0.0679 e. The summed E-state index contributed by atoms with van der Waals surface area (Å²) < 4.78 is 0. The summed E-state index contributed by atoms with van der Waals surface area (Å²) in [6, 6.07) is 59.9. The van der Waals surface area contributed by atoms with Crippen LogP contribution in [-0.2, 0) is 0 Å². The number of benzene rings is 7. The zero-order valence-electron chi connectivity index (χ0n) is 22.7. The molecule has 0 aliphatic carbocycles. The Labute approximate surface area is 241 Å². The van der Waals surface area contributed by atoms with Crippen LogP contribution in [0.15, 0.2) is 164 Å². The van der Waals surface area contributed by atoms with Crippen LogP contribution in [0.25, 0.3) is 55.3 Å². The van der Waals surface area contributed by atoms with Gasteiger partial charge in [0.15, 0.2) is 0 Å². The van der Waals surface area contributed by atoms with Crippen LogP contribution in [-0.4, -0.2) is 6.71 Å². The van der Waals surface area contributed by atoms with E-state index >= 15 is 0 Å². The number of rotatable bonds is 4. The van der Waals surface area contributed by atoms with E-state index in [1.807, 2.05) is 0 Å². The average Bonchev–Trinajstić information content (AvgIpc) is 3.39. The third-order valence-electron chi connectivity index (χ3n) is 8.54. The summed E-state index contributed by atoms with van der Waals surface area (Å²) in [5.74, 6) is 0. The molecule has 0 aromatic heterocycles. The monoisotopic (exact) mass is 518 g/mol. The van der Waals surface area contributed by atoms with Crippen molar-refractivity contribution < 1.29 is 0 Å². The predicted molar refractivity (Wildman–Crippen MR) is 177 cm³/mol. The SMILES string of the molecule is c1ccc(-c2cccc(B3c4c(-c5ccccc5)cccc4-c4cc5ccccc5c(-c5ccccc5)c43)c2)cc1. The third-order valence-corrected chi connectivity index (χ3v) is 8.54. The van der Waals surface area contributed by atoms with Crippen molar-refractivity contribution in [3.8, 4) is 44.5 Å². The van der Waals surface area contributed by atoms with Crippen LogP contribution in [0.1, 0.15) is 0 Å². The second-order valence-corrected chi connectivity index (χ2v) is 10.9. The summed E-state index contributed by atoms with van der Waals surface area (Å²) in [5.41, 5.74) is 14.4. The van der Waals surface area contributed by atoms with Gasteiger partial charge in [-0.3, -0.25) is 0 Å². The molecule has 0 radical (unpaired) electrons. The lowest BCUT2D eigenvalue weighted by atomic mass is 9.37. The van der Waals surface area contributed by atoms with Crippen LogP contribution in [0.2, 0.25) is 0 Å². The van der Waals surface area contributed by atoms with Crippen LogP contribution < -0.4 is 16.4 Å². The van der Waals surface area contributed by atoms with Crippen LogP contribution in [0.5, 0.6) is 0 Å². The number of hydrogen-bond acceptors (Lipinski definition) is 0. The molecule has 0 bridgehead atoms. The normalized spacial score (nSPS) is 11.9. The summed E-state index contributed by atoms with van der Waals surface area (Å²) >= 11 is 0. The van der Waals surface area contributed by atoms with E-state index < -0.39 is 0 Å². The van der Waals surface area contributed by atoms with Gasteiger partial charge in [-0.25, -0.2) is 0 Å². The Morgan fingerprint density at radius 3 is 1.68 bits per heavy atom. The highest BCUT2D eigenvalue weighted by Crippen LogP contribution is 2.37. The van der Waals surface area contributed by atoms with E-state index in [9.17, 15) is 0 Å². The lowest BCUT2D eigenvalue weighted by molar-refractivity contribution is 1.63. The third kappa shape index (κ3) is 3.93. The lowest BCUT2D eigenvalue weighted by Crippen LogP contribution is -2.50. The van der Waals surface area contributed by atoms with Crippen molar-refractivity contribution in [3.63, 3.8) is 0 Å². The van der Waals surface area contributed by atoms with E-state index in [4.69, 9.17) is 0 Å².